The molecule has 0 aliphatic carbocycles. The Hall–Kier alpha value is -3.12. The summed E-state index contributed by atoms with van der Waals surface area (Å²) in [5.74, 6) is -0.359. The number of hydrazine groups is 1. The van der Waals surface area contributed by atoms with Crippen LogP contribution in [0.25, 0.3) is 0 Å². The first kappa shape index (κ1) is 19.6. The number of hydrogen-bond acceptors (Lipinski definition) is 4. The van der Waals surface area contributed by atoms with Crippen LogP contribution >= 0.6 is 0 Å². The molecule has 0 aliphatic rings. The van der Waals surface area contributed by atoms with Crippen molar-refractivity contribution in [3.8, 4) is 0 Å². The molecule has 144 valence electrons. The summed E-state index contributed by atoms with van der Waals surface area (Å²) in [5, 5.41) is 1.75. The minimum absolute atomic E-state index is 0.123. The Morgan fingerprint density at radius 2 is 1.54 bits per heavy atom. The first-order valence-electron chi connectivity index (χ1n) is 8.83. The van der Waals surface area contributed by atoms with Crippen LogP contribution in [-0.2, 0) is 16.4 Å². The van der Waals surface area contributed by atoms with Gasteiger partial charge in [0.2, 0.25) is 0 Å². The second kappa shape index (κ2) is 8.27. The fourth-order valence-corrected chi connectivity index (χ4v) is 3.48. The van der Waals surface area contributed by atoms with Crippen LogP contribution in [0.2, 0.25) is 0 Å². The molecule has 28 heavy (non-hydrogen) atoms. The van der Waals surface area contributed by atoms with E-state index in [9.17, 15) is 13.2 Å². The highest BCUT2D eigenvalue weighted by molar-refractivity contribution is 7.90. The van der Waals surface area contributed by atoms with Crippen LogP contribution in [0.3, 0.4) is 0 Å². The molecule has 0 aliphatic heterocycles. The van der Waals surface area contributed by atoms with Crippen LogP contribution in [0.15, 0.2) is 83.8 Å². The number of nitrogens with zero attached hydrogens (tertiary/aromatic N) is 1. The van der Waals surface area contributed by atoms with Crippen LogP contribution in [0.4, 0.5) is 5.69 Å². The average Bonchev–Trinajstić information content (AvgIpc) is 2.68. The van der Waals surface area contributed by atoms with E-state index in [4.69, 9.17) is 0 Å². The van der Waals surface area contributed by atoms with Gasteiger partial charge in [0.15, 0.2) is 9.84 Å². The van der Waals surface area contributed by atoms with Crippen molar-refractivity contribution in [3.63, 3.8) is 0 Å². The Balaban J connectivity index is 1.91. The predicted octanol–water partition coefficient (Wildman–Crippen LogP) is 3.75. The van der Waals surface area contributed by atoms with Crippen molar-refractivity contribution in [1.29, 1.82) is 0 Å². The highest BCUT2D eigenvalue weighted by atomic mass is 32.2. The van der Waals surface area contributed by atoms with Gasteiger partial charge < -0.3 is 0 Å². The maximum Gasteiger partial charge on any atom is 0.270 e. The average molecular weight is 394 g/mol. The van der Waals surface area contributed by atoms with Gasteiger partial charge in [0.1, 0.15) is 0 Å². The molecule has 1 amide bonds. The Bertz CT molecular complexity index is 1070. The SMILES string of the molecule is Cc1ccc(S(C)(=O)=O)cc1C(=O)NN(Cc1ccccc1)c1ccccc1. The lowest BCUT2D eigenvalue weighted by Crippen LogP contribution is -2.42. The van der Waals surface area contributed by atoms with Crippen molar-refractivity contribution >= 4 is 21.4 Å². The lowest BCUT2D eigenvalue weighted by atomic mass is 10.1. The summed E-state index contributed by atoms with van der Waals surface area (Å²) in [6.07, 6.45) is 1.13. The summed E-state index contributed by atoms with van der Waals surface area (Å²) in [6, 6.07) is 23.9. The zero-order valence-corrected chi connectivity index (χ0v) is 16.6. The molecule has 0 atom stereocenters. The van der Waals surface area contributed by atoms with Crippen LogP contribution in [0, 0.1) is 6.92 Å². The molecule has 0 spiro atoms. The maximum absolute atomic E-state index is 13.0. The van der Waals surface area contributed by atoms with Gasteiger partial charge in [-0.25, -0.2) is 8.42 Å². The van der Waals surface area contributed by atoms with Crippen molar-refractivity contribution in [2.24, 2.45) is 0 Å². The van der Waals surface area contributed by atoms with Crippen molar-refractivity contribution in [1.82, 2.24) is 5.43 Å². The smallest absolute Gasteiger partial charge is 0.270 e. The van der Waals surface area contributed by atoms with Gasteiger partial charge in [0.05, 0.1) is 17.1 Å². The number of carbonyl (C=O) groups excluding carboxylic acids is 1. The molecule has 0 heterocycles. The van der Waals surface area contributed by atoms with Gasteiger partial charge in [-0.15, -0.1) is 0 Å². The fraction of sp³-hybridized carbons (Fsp3) is 0.136. The van der Waals surface area contributed by atoms with Gasteiger partial charge in [-0.3, -0.25) is 15.2 Å². The van der Waals surface area contributed by atoms with E-state index in [0.29, 0.717) is 17.7 Å². The molecule has 5 nitrogen and oxygen atoms in total. The van der Waals surface area contributed by atoms with E-state index in [-0.39, 0.29) is 10.8 Å². The lowest BCUT2D eigenvalue weighted by Gasteiger charge is -2.26. The zero-order chi connectivity index (χ0) is 20.1. The van der Waals surface area contributed by atoms with Gasteiger partial charge in [-0.2, -0.15) is 0 Å². The molecule has 0 saturated heterocycles. The fourth-order valence-electron chi connectivity index (χ4n) is 2.83. The highest BCUT2D eigenvalue weighted by Crippen LogP contribution is 2.18. The molecule has 3 rings (SSSR count). The number of carbonyl (C=O) groups is 1. The number of para-hydroxylation sites is 1. The summed E-state index contributed by atoms with van der Waals surface area (Å²) >= 11 is 0. The summed E-state index contributed by atoms with van der Waals surface area (Å²) in [4.78, 5) is 13.1. The Morgan fingerprint density at radius 1 is 0.929 bits per heavy atom. The Morgan fingerprint density at radius 3 is 2.14 bits per heavy atom. The van der Waals surface area contributed by atoms with Gasteiger partial charge in [0, 0.05) is 11.8 Å². The molecule has 1 N–H and O–H groups in total. The predicted molar refractivity (Wildman–Crippen MR) is 111 cm³/mol. The molecular formula is C22H22N2O3S. The third kappa shape index (κ3) is 4.78. The first-order valence-corrected chi connectivity index (χ1v) is 10.7. The van der Waals surface area contributed by atoms with Crippen LogP contribution in [-0.4, -0.2) is 20.6 Å². The standard InChI is InChI=1S/C22H22N2O3S/c1-17-13-14-20(28(2,26)27)15-21(17)22(25)23-24(19-11-7-4-8-12-19)16-18-9-5-3-6-10-18/h3-15H,16H2,1-2H3,(H,23,25). The third-order valence-electron chi connectivity index (χ3n) is 4.37. The van der Waals surface area contributed by atoms with Gasteiger partial charge >= 0.3 is 0 Å². The van der Waals surface area contributed by atoms with Gasteiger partial charge in [-0.1, -0.05) is 54.6 Å². The Labute approximate surface area is 165 Å². The summed E-state index contributed by atoms with van der Waals surface area (Å²) in [7, 11) is -3.40. The molecule has 0 fully saturated rings. The molecule has 0 saturated carbocycles. The largest absolute Gasteiger partial charge is 0.281 e. The normalized spacial score (nSPS) is 11.1. The van der Waals surface area contributed by atoms with E-state index in [1.54, 1.807) is 18.0 Å². The van der Waals surface area contributed by atoms with E-state index in [1.165, 1.54) is 12.1 Å². The number of benzene rings is 3. The van der Waals surface area contributed by atoms with Crippen molar-refractivity contribution in [2.45, 2.75) is 18.4 Å². The van der Waals surface area contributed by atoms with Gasteiger partial charge in [-0.05, 0) is 42.3 Å². The summed E-state index contributed by atoms with van der Waals surface area (Å²) < 4.78 is 23.7. The Kier molecular flexibility index (Phi) is 5.80. The number of rotatable bonds is 6. The highest BCUT2D eigenvalue weighted by Gasteiger charge is 2.17. The van der Waals surface area contributed by atoms with Gasteiger partial charge in [0.25, 0.3) is 5.91 Å². The number of hydrogen-bond donors (Lipinski definition) is 1. The lowest BCUT2D eigenvalue weighted by molar-refractivity contribution is 0.0947. The topological polar surface area (TPSA) is 66.5 Å². The molecule has 0 radical (unpaired) electrons. The number of anilines is 1. The molecule has 3 aromatic carbocycles. The molecule has 0 aromatic heterocycles. The van der Waals surface area contributed by atoms with Crippen molar-refractivity contribution in [3.05, 3.63) is 95.6 Å². The van der Waals surface area contributed by atoms with E-state index < -0.39 is 9.84 Å². The van der Waals surface area contributed by atoms with E-state index in [2.05, 4.69) is 5.43 Å². The maximum atomic E-state index is 13.0. The molecular weight excluding hydrogens is 372 g/mol. The first-order chi connectivity index (χ1) is 13.3. The second-order valence-corrected chi connectivity index (χ2v) is 8.61. The van der Waals surface area contributed by atoms with E-state index in [1.807, 2.05) is 60.7 Å². The number of nitrogens with one attached hydrogen (secondary N) is 1. The van der Waals surface area contributed by atoms with Crippen LogP contribution < -0.4 is 10.4 Å². The number of sulfone groups is 1. The number of amides is 1. The van der Waals surface area contributed by atoms with Crippen molar-refractivity contribution < 1.29 is 13.2 Å². The van der Waals surface area contributed by atoms with Crippen LogP contribution in [0.5, 0.6) is 0 Å². The molecule has 0 unspecified atom stereocenters. The van der Waals surface area contributed by atoms with E-state index >= 15 is 0 Å². The summed E-state index contributed by atoms with van der Waals surface area (Å²) in [6.45, 7) is 2.26. The summed E-state index contributed by atoms with van der Waals surface area (Å²) in [5.41, 5.74) is 5.82. The molecule has 0 bridgehead atoms. The monoisotopic (exact) mass is 394 g/mol. The second-order valence-electron chi connectivity index (χ2n) is 6.60. The number of aryl methyl sites for hydroxylation is 1. The minimum Gasteiger partial charge on any atom is -0.281 e. The van der Waals surface area contributed by atoms with Crippen LogP contribution in [0.1, 0.15) is 21.5 Å². The quantitative estimate of drug-likeness (QED) is 0.647. The van der Waals surface area contributed by atoms with E-state index in [0.717, 1.165) is 17.5 Å². The minimum atomic E-state index is -3.40. The zero-order valence-electron chi connectivity index (χ0n) is 15.8. The third-order valence-corrected chi connectivity index (χ3v) is 5.48. The molecule has 3 aromatic rings. The van der Waals surface area contributed by atoms with Crippen molar-refractivity contribution in [2.75, 3.05) is 11.3 Å². The molecule has 6 heteroatoms.